The van der Waals surface area contributed by atoms with Gasteiger partial charge in [-0.2, -0.15) is 0 Å². The summed E-state index contributed by atoms with van der Waals surface area (Å²) in [6.07, 6.45) is 0. The van der Waals surface area contributed by atoms with E-state index in [0.717, 1.165) is 0 Å². The van der Waals surface area contributed by atoms with E-state index in [1.807, 2.05) is 0 Å². The molecular weight excluding hydrogens is 183 g/mol. The van der Waals surface area contributed by atoms with Gasteiger partial charge in [0.05, 0.1) is 5.02 Å². The predicted molar refractivity (Wildman–Crippen MR) is 45.3 cm³/mol. The van der Waals surface area contributed by atoms with Crippen LogP contribution in [0.25, 0.3) is 0 Å². The molecule has 0 N–H and O–H groups in total. The molecule has 0 aliphatic rings. The number of rotatable bonds is 1. The van der Waals surface area contributed by atoms with Crippen LogP contribution in [0.1, 0.15) is 17.3 Å². The summed E-state index contributed by atoms with van der Waals surface area (Å²) >= 11 is 11.3. The highest BCUT2D eigenvalue weighted by Gasteiger charge is 2.04. The number of carbonyl (C=O) groups excluding carboxylic acids is 1. The summed E-state index contributed by atoms with van der Waals surface area (Å²) in [5, 5.41) is 0.838. The van der Waals surface area contributed by atoms with Gasteiger partial charge >= 0.3 is 0 Å². The first-order valence-corrected chi connectivity index (χ1v) is 3.74. The average Bonchev–Trinajstić information content (AvgIpc) is 1.85. The van der Waals surface area contributed by atoms with Crippen molar-refractivity contribution in [2.75, 3.05) is 0 Å². The molecule has 0 fully saturated rings. The van der Waals surface area contributed by atoms with Gasteiger partial charge in [-0.05, 0) is 25.1 Å². The molecule has 0 aromatic heterocycles. The summed E-state index contributed by atoms with van der Waals surface area (Å²) in [5.74, 6) is -0.105. The molecule has 1 aromatic carbocycles. The van der Waals surface area contributed by atoms with E-state index in [9.17, 15) is 4.79 Å². The molecule has 1 nitrogen and oxygen atoms in total. The van der Waals surface area contributed by atoms with Gasteiger partial charge in [0.1, 0.15) is 0 Å². The highest BCUT2D eigenvalue weighted by molar-refractivity contribution is 6.36. The van der Waals surface area contributed by atoms with Gasteiger partial charge in [-0.15, -0.1) is 0 Å². The van der Waals surface area contributed by atoms with Crippen molar-refractivity contribution >= 4 is 29.0 Å². The Morgan fingerprint density at radius 3 is 2.64 bits per heavy atom. The lowest BCUT2D eigenvalue weighted by atomic mass is 10.1. The van der Waals surface area contributed by atoms with Crippen molar-refractivity contribution in [3.63, 3.8) is 0 Å². The topological polar surface area (TPSA) is 17.1 Å². The van der Waals surface area contributed by atoms with Crippen LogP contribution >= 0.6 is 23.2 Å². The Hall–Kier alpha value is -0.530. The van der Waals surface area contributed by atoms with Crippen molar-refractivity contribution in [2.24, 2.45) is 0 Å². The number of carbonyl (C=O) groups is 1. The van der Waals surface area contributed by atoms with Crippen LogP contribution in [0, 0.1) is 6.07 Å². The lowest BCUT2D eigenvalue weighted by Crippen LogP contribution is -1.92. The molecule has 0 saturated heterocycles. The Morgan fingerprint density at radius 1 is 1.55 bits per heavy atom. The molecule has 1 radical (unpaired) electrons. The largest absolute Gasteiger partial charge is 0.294 e. The van der Waals surface area contributed by atoms with Gasteiger partial charge in [0.15, 0.2) is 5.78 Å². The third kappa shape index (κ3) is 1.95. The second-order valence-corrected chi connectivity index (χ2v) is 2.94. The van der Waals surface area contributed by atoms with Gasteiger partial charge in [-0.25, -0.2) is 0 Å². The van der Waals surface area contributed by atoms with E-state index in [-0.39, 0.29) is 5.78 Å². The molecule has 0 saturated carbocycles. The lowest BCUT2D eigenvalue weighted by Gasteiger charge is -1.97. The van der Waals surface area contributed by atoms with Gasteiger partial charge in [0, 0.05) is 10.6 Å². The first-order chi connectivity index (χ1) is 5.11. The Labute approximate surface area is 74.9 Å². The highest BCUT2D eigenvalue weighted by Crippen LogP contribution is 2.20. The standard InChI is InChI=1S/C8H5Cl2O/c1-5(11)7-3-2-6(9)4-8(7)10/h2,4H,1H3. The molecule has 3 heteroatoms. The normalized spacial score (nSPS) is 9.73. The van der Waals surface area contributed by atoms with Gasteiger partial charge in [-0.3, -0.25) is 4.79 Å². The second-order valence-electron chi connectivity index (χ2n) is 2.10. The smallest absolute Gasteiger partial charge is 0.161 e. The van der Waals surface area contributed by atoms with Gasteiger partial charge < -0.3 is 0 Å². The number of hydrogen-bond donors (Lipinski definition) is 0. The monoisotopic (exact) mass is 187 g/mol. The molecule has 0 heterocycles. The maximum atomic E-state index is 10.8. The summed E-state index contributed by atoms with van der Waals surface area (Å²) in [6, 6.07) is 5.73. The summed E-state index contributed by atoms with van der Waals surface area (Å²) in [6.45, 7) is 1.44. The van der Waals surface area contributed by atoms with Crippen LogP contribution in [0.2, 0.25) is 10.0 Å². The minimum absolute atomic E-state index is 0.105. The van der Waals surface area contributed by atoms with E-state index < -0.39 is 0 Å². The van der Waals surface area contributed by atoms with Crippen LogP contribution in [0.15, 0.2) is 12.1 Å². The number of halogens is 2. The molecule has 0 unspecified atom stereocenters. The van der Waals surface area contributed by atoms with Crippen LogP contribution in [0.3, 0.4) is 0 Å². The fourth-order valence-corrected chi connectivity index (χ4v) is 1.24. The van der Waals surface area contributed by atoms with E-state index >= 15 is 0 Å². The Bertz CT molecular complexity index is 294. The zero-order valence-corrected chi connectivity index (χ0v) is 7.33. The summed E-state index contributed by atoms with van der Waals surface area (Å²) in [5.41, 5.74) is 0.385. The van der Waals surface area contributed by atoms with Gasteiger partial charge in [0.2, 0.25) is 0 Å². The van der Waals surface area contributed by atoms with E-state index in [2.05, 4.69) is 6.07 Å². The molecule has 1 rings (SSSR count). The van der Waals surface area contributed by atoms with Crippen molar-refractivity contribution < 1.29 is 4.79 Å². The minimum atomic E-state index is -0.105. The fraction of sp³-hybridized carbons (Fsp3) is 0.125. The summed E-state index contributed by atoms with van der Waals surface area (Å²) in [4.78, 5) is 10.8. The highest BCUT2D eigenvalue weighted by atomic mass is 35.5. The third-order valence-electron chi connectivity index (χ3n) is 1.21. The van der Waals surface area contributed by atoms with Crippen LogP contribution in [0.4, 0.5) is 0 Å². The molecule has 1 aromatic rings. The Balaban J connectivity index is 3.20. The van der Waals surface area contributed by atoms with E-state index in [1.54, 1.807) is 0 Å². The first kappa shape index (κ1) is 8.57. The molecule has 0 aliphatic heterocycles. The van der Waals surface area contributed by atoms with Crippen LogP contribution in [-0.2, 0) is 0 Å². The lowest BCUT2D eigenvalue weighted by molar-refractivity contribution is 0.101. The quantitative estimate of drug-likeness (QED) is 0.619. The number of hydrogen-bond acceptors (Lipinski definition) is 1. The first-order valence-electron chi connectivity index (χ1n) is 2.99. The Morgan fingerprint density at radius 2 is 2.18 bits per heavy atom. The van der Waals surface area contributed by atoms with Crippen molar-refractivity contribution in [3.05, 3.63) is 33.8 Å². The third-order valence-corrected chi connectivity index (χ3v) is 1.73. The Kier molecular flexibility index (Phi) is 2.53. The SMILES string of the molecule is CC(=O)c1[c]cc(Cl)cc1Cl. The van der Waals surface area contributed by atoms with Crippen molar-refractivity contribution in [3.8, 4) is 0 Å². The van der Waals surface area contributed by atoms with Crippen LogP contribution in [0.5, 0.6) is 0 Å². The maximum Gasteiger partial charge on any atom is 0.161 e. The predicted octanol–water partition coefficient (Wildman–Crippen LogP) is 3.00. The maximum absolute atomic E-state index is 10.8. The number of Topliss-reactive ketones (excluding diaryl/α,β-unsaturated/α-hetero) is 1. The molecular formula is C8H5Cl2O. The van der Waals surface area contributed by atoms with E-state index in [4.69, 9.17) is 23.2 Å². The van der Waals surface area contributed by atoms with E-state index in [1.165, 1.54) is 19.1 Å². The molecule has 0 atom stereocenters. The van der Waals surface area contributed by atoms with Crippen molar-refractivity contribution in [1.29, 1.82) is 0 Å². The van der Waals surface area contributed by atoms with Crippen molar-refractivity contribution in [1.82, 2.24) is 0 Å². The molecule has 0 spiro atoms. The zero-order valence-electron chi connectivity index (χ0n) is 5.82. The molecule has 11 heavy (non-hydrogen) atoms. The van der Waals surface area contributed by atoms with Crippen molar-refractivity contribution in [2.45, 2.75) is 6.92 Å². The number of benzene rings is 1. The second kappa shape index (κ2) is 3.24. The zero-order chi connectivity index (χ0) is 8.43. The van der Waals surface area contributed by atoms with E-state index in [0.29, 0.717) is 15.6 Å². The molecule has 0 bridgehead atoms. The molecule has 57 valence electrons. The van der Waals surface area contributed by atoms with Gasteiger partial charge in [0.25, 0.3) is 0 Å². The van der Waals surface area contributed by atoms with Crippen LogP contribution < -0.4 is 0 Å². The summed E-state index contributed by atoms with van der Waals surface area (Å²) in [7, 11) is 0. The van der Waals surface area contributed by atoms with Gasteiger partial charge in [-0.1, -0.05) is 23.2 Å². The van der Waals surface area contributed by atoms with Crippen LogP contribution in [-0.4, -0.2) is 5.78 Å². The minimum Gasteiger partial charge on any atom is -0.294 e. The molecule has 0 aliphatic carbocycles. The average molecular weight is 188 g/mol. The summed E-state index contributed by atoms with van der Waals surface area (Å²) < 4.78 is 0. The fourth-order valence-electron chi connectivity index (χ4n) is 0.715. The number of ketones is 1. The molecule has 0 amide bonds.